The van der Waals surface area contributed by atoms with E-state index >= 15 is 0 Å². The van der Waals surface area contributed by atoms with Gasteiger partial charge in [-0.15, -0.1) is 0 Å². The average molecular weight is 284 g/mol. The van der Waals surface area contributed by atoms with Crippen LogP contribution < -0.4 is 0 Å². The Bertz CT molecular complexity index is 515. The fraction of sp³-hybridized carbons (Fsp3) is 0.500. The lowest BCUT2D eigenvalue weighted by atomic mass is 10.1. The van der Waals surface area contributed by atoms with Gasteiger partial charge in [-0.1, -0.05) is 24.4 Å². The number of hydrogen-bond donors (Lipinski definition) is 0. The second kappa shape index (κ2) is 5.52. The van der Waals surface area contributed by atoms with Gasteiger partial charge in [-0.3, -0.25) is 14.9 Å². The minimum absolute atomic E-state index is 0.000414. The fourth-order valence-electron chi connectivity index (χ4n) is 2.33. The van der Waals surface area contributed by atoms with E-state index in [0.29, 0.717) is 0 Å². The number of aromatic nitrogens is 1. The van der Waals surface area contributed by atoms with Crippen molar-refractivity contribution in [1.29, 1.82) is 0 Å². The molecule has 2 rings (SSSR count). The molecule has 1 amide bonds. The molecule has 0 radical (unpaired) electrons. The third-order valence-electron chi connectivity index (χ3n) is 3.46. The summed E-state index contributed by atoms with van der Waals surface area (Å²) < 4.78 is 0. The van der Waals surface area contributed by atoms with Crippen LogP contribution in [0.2, 0.25) is 5.15 Å². The monoisotopic (exact) mass is 283 g/mol. The van der Waals surface area contributed by atoms with Gasteiger partial charge in [0, 0.05) is 19.2 Å². The Hall–Kier alpha value is -1.69. The first kappa shape index (κ1) is 13.7. The predicted octanol–water partition coefficient (Wildman–Crippen LogP) is 2.66. The highest BCUT2D eigenvalue weighted by Gasteiger charge is 2.27. The first-order valence-corrected chi connectivity index (χ1v) is 6.45. The molecule has 0 aromatic carbocycles. The topological polar surface area (TPSA) is 76.3 Å². The maximum Gasteiger partial charge on any atom is 0.288 e. The van der Waals surface area contributed by atoms with Gasteiger partial charge in [0.1, 0.15) is 11.3 Å². The number of pyridine rings is 1. The van der Waals surface area contributed by atoms with Crippen molar-refractivity contribution in [3.63, 3.8) is 0 Å². The number of hydrogen-bond acceptors (Lipinski definition) is 4. The first-order valence-electron chi connectivity index (χ1n) is 6.08. The minimum Gasteiger partial charge on any atom is -0.339 e. The smallest absolute Gasteiger partial charge is 0.288 e. The Morgan fingerprint density at radius 2 is 2.16 bits per heavy atom. The van der Waals surface area contributed by atoms with Gasteiger partial charge in [-0.25, -0.2) is 4.98 Å². The summed E-state index contributed by atoms with van der Waals surface area (Å²) in [6.07, 6.45) is 5.17. The van der Waals surface area contributed by atoms with Crippen LogP contribution in [0.25, 0.3) is 0 Å². The van der Waals surface area contributed by atoms with E-state index in [1.54, 1.807) is 11.9 Å². The van der Waals surface area contributed by atoms with Crippen molar-refractivity contribution in [2.24, 2.45) is 0 Å². The minimum atomic E-state index is -0.588. The zero-order chi connectivity index (χ0) is 14.0. The Kier molecular flexibility index (Phi) is 3.99. The maximum atomic E-state index is 12.3. The van der Waals surface area contributed by atoms with Gasteiger partial charge in [-0.05, 0) is 12.8 Å². The lowest BCUT2D eigenvalue weighted by molar-refractivity contribution is -0.385. The Morgan fingerprint density at radius 1 is 1.53 bits per heavy atom. The third kappa shape index (κ3) is 2.84. The van der Waals surface area contributed by atoms with Crippen LogP contribution in [0.4, 0.5) is 5.69 Å². The standard InChI is InChI=1S/C12H14ClN3O3/c1-15(8-4-2-3-5-8)12(17)10-6-9(16(18)19)7-14-11(10)13/h6-8H,2-5H2,1H3. The Labute approximate surface area is 115 Å². The van der Waals surface area contributed by atoms with Gasteiger partial charge in [0.2, 0.25) is 0 Å². The maximum absolute atomic E-state index is 12.3. The van der Waals surface area contributed by atoms with Crippen LogP contribution >= 0.6 is 11.6 Å². The quantitative estimate of drug-likeness (QED) is 0.485. The van der Waals surface area contributed by atoms with Gasteiger partial charge in [0.25, 0.3) is 11.6 Å². The van der Waals surface area contributed by atoms with Crippen molar-refractivity contribution in [2.75, 3.05) is 7.05 Å². The molecule has 0 spiro atoms. The molecular formula is C12H14ClN3O3. The van der Waals surface area contributed by atoms with Crippen molar-refractivity contribution < 1.29 is 9.72 Å². The van der Waals surface area contributed by atoms with Crippen molar-refractivity contribution in [2.45, 2.75) is 31.7 Å². The molecule has 102 valence electrons. The number of amides is 1. The summed E-state index contributed by atoms with van der Waals surface area (Å²) in [7, 11) is 1.70. The van der Waals surface area contributed by atoms with E-state index in [2.05, 4.69) is 4.98 Å². The molecule has 1 fully saturated rings. The normalized spacial score (nSPS) is 15.5. The molecule has 19 heavy (non-hydrogen) atoms. The van der Waals surface area contributed by atoms with Crippen LogP contribution in [-0.4, -0.2) is 33.8 Å². The second-order valence-electron chi connectivity index (χ2n) is 4.64. The summed E-state index contributed by atoms with van der Waals surface area (Å²) in [4.78, 5) is 27.7. The molecule has 7 heteroatoms. The first-order chi connectivity index (χ1) is 9.00. The zero-order valence-electron chi connectivity index (χ0n) is 10.5. The molecular weight excluding hydrogens is 270 g/mol. The van der Waals surface area contributed by atoms with E-state index in [1.807, 2.05) is 0 Å². The van der Waals surface area contributed by atoms with Crippen LogP contribution in [0.3, 0.4) is 0 Å². The molecule has 0 atom stereocenters. The van der Waals surface area contributed by atoms with Crippen molar-refractivity contribution in [3.05, 3.63) is 33.1 Å². The average Bonchev–Trinajstić information content (AvgIpc) is 2.91. The molecule has 0 bridgehead atoms. The zero-order valence-corrected chi connectivity index (χ0v) is 11.3. The van der Waals surface area contributed by atoms with Crippen LogP contribution in [0.1, 0.15) is 36.0 Å². The fourth-order valence-corrected chi connectivity index (χ4v) is 2.52. The molecule has 1 saturated carbocycles. The predicted molar refractivity (Wildman–Crippen MR) is 70.3 cm³/mol. The van der Waals surface area contributed by atoms with Crippen molar-refractivity contribution in [1.82, 2.24) is 9.88 Å². The number of carbonyl (C=O) groups is 1. The van der Waals surface area contributed by atoms with Crippen LogP contribution in [0, 0.1) is 10.1 Å². The number of halogens is 1. The lowest BCUT2D eigenvalue weighted by Crippen LogP contribution is -2.35. The van der Waals surface area contributed by atoms with Gasteiger partial charge in [-0.2, -0.15) is 0 Å². The number of rotatable bonds is 3. The third-order valence-corrected chi connectivity index (χ3v) is 3.76. The lowest BCUT2D eigenvalue weighted by Gasteiger charge is -2.24. The summed E-state index contributed by atoms with van der Waals surface area (Å²) in [6, 6.07) is 1.37. The summed E-state index contributed by atoms with van der Waals surface area (Å²) in [5.41, 5.74) is -0.141. The van der Waals surface area contributed by atoms with E-state index in [4.69, 9.17) is 11.6 Å². The number of carbonyl (C=O) groups excluding carboxylic acids is 1. The van der Waals surface area contributed by atoms with Gasteiger partial charge in [0.05, 0.1) is 10.5 Å². The summed E-state index contributed by atoms with van der Waals surface area (Å²) in [6.45, 7) is 0. The molecule has 0 N–H and O–H groups in total. The Balaban J connectivity index is 2.26. The van der Waals surface area contributed by atoms with Crippen molar-refractivity contribution >= 4 is 23.2 Å². The Morgan fingerprint density at radius 3 is 2.74 bits per heavy atom. The number of nitrogens with zero attached hydrogens (tertiary/aromatic N) is 3. The SMILES string of the molecule is CN(C(=O)c1cc([N+](=O)[O-])cnc1Cl)C1CCCC1. The van der Waals surface area contributed by atoms with E-state index < -0.39 is 4.92 Å². The van der Waals surface area contributed by atoms with Crippen LogP contribution in [-0.2, 0) is 0 Å². The molecule has 6 nitrogen and oxygen atoms in total. The highest BCUT2D eigenvalue weighted by molar-refractivity contribution is 6.32. The molecule has 1 aliphatic carbocycles. The van der Waals surface area contributed by atoms with Gasteiger partial charge < -0.3 is 4.90 Å². The molecule has 0 aliphatic heterocycles. The molecule has 0 saturated heterocycles. The molecule has 1 aromatic rings. The summed E-state index contributed by atoms with van der Waals surface area (Å²) in [5, 5.41) is 10.7. The molecule has 1 heterocycles. The van der Waals surface area contributed by atoms with Gasteiger partial charge in [0.15, 0.2) is 0 Å². The highest BCUT2D eigenvalue weighted by atomic mass is 35.5. The van der Waals surface area contributed by atoms with E-state index in [0.717, 1.165) is 31.9 Å². The summed E-state index contributed by atoms with van der Waals surface area (Å²) in [5.74, 6) is -0.312. The van der Waals surface area contributed by atoms with Crippen LogP contribution in [0.5, 0.6) is 0 Å². The van der Waals surface area contributed by atoms with Crippen LogP contribution in [0.15, 0.2) is 12.3 Å². The van der Waals surface area contributed by atoms with Crippen molar-refractivity contribution in [3.8, 4) is 0 Å². The molecule has 1 aromatic heterocycles. The van der Waals surface area contributed by atoms with Gasteiger partial charge >= 0.3 is 0 Å². The van der Waals surface area contributed by atoms with E-state index in [1.165, 1.54) is 6.07 Å². The molecule has 1 aliphatic rings. The molecule has 0 unspecified atom stereocenters. The second-order valence-corrected chi connectivity index (χ2v) is 5.00. The largest absolute Gasteiger partial charge is 0.339 e. The highest BCUT2D eigenvalue weighted by Crippen LogP contribution is 2.26. The van der Waals surface area contributed by atoms with E-state index in [-0.39, 0.29) is 28.4 Å². The van der Waals surface area contributed by atoms with E-state index in [9.17, 15) is 14.9 Å². The summed E-state index contributed by atoms with van der Waals surface area (Å²) >= 11 is 5.87. The number of nitro groups is 1.